The zero-order valence-electron chi connectivity index (χ0n) is 15.9. The van der Waals surface area contributed by atoms with Gasteiger partial charge < -0.3 is 13.8 Å². The Morgan fingerprint density at radius 2 is 1.44 bits per heavy atom. The lowest BCUT2D eigenvalue weighted by molar-refractivity contribution is -0.134. The van der Waals surface area contributed by atoms with Gasteiger partial charge in [-0.05, 0) is 42.2 Å². The standard InChI is InChI=1S/C21H25O5P/c1-4-25-27(23,26-5-2)16-18-8-13-20(14-9-18)19-11-6-17(7-12-19)10-15-21(22)24-3/h6-15H,4-5,16H2,1-3H3. The molecule has 0 aromatic heterocycles. The molecule has 0 aliphatic carbocycles. The van der Waals surface area contributed by atoms with Crippen molar-refractivity contribution in [1.29, 1.82) is 0 Å². The number of ether oxygens (including phenoxy) is 1. The molecule has 0 unspecified atom stereocenters. The van der Waals surface area contributed by atoms with Crippen LogP contribution in [0.1, 0.15) is 25.0 Å². The molecule has 0 saturated carbocycles. The van der Waals surface area contributed by atoms with E-state index in [9.17, 15) is 9.36 Å². The van der Waals surface area contributed by atoms with Gasteiger partial charge in [0.1, 0.15) is 0 Å². The first-order valence-corrected chi connectivity index (χ1v) is 10.6. The quantitative estimate of drug-likeness (QED) is 0.331. The monoisotopic (exact) mass is 388 g/mol. The summed E-state index contributed by atoms with van der Waals surface area (Å²) in [6.45, 7) is 4.32. The molecule has 6 heteroatoms. The van der Waals surface area contributed by atoms with Crippen LogP contribution >= 0.6 is 7.60 Å². The third kappa shape index (κ3) is 6.47. The first kappa shape index (κ1) is 21.1. The lowest BCUT2D eigenvalue weighted by atomic mass is 10.0. The first-order chi connectivity index (χ1) is 13.0. The van der Waals surface area contributed by atoms with Crippen molar-refractivity contribution in [2.45, 2.75) is 20.0 Å². The summed E-state index contributed by atoms with van der Waals surface area (Å²) in [6.07, 6.45) is 3.35. The van der Waals surface area contributed by atoms with Crippen LogP contribution in [0.2, 0.25) is 0 Å². The van der Waals surface area contributed by atoms with Gasteiger partial charge in [0.15, 0.2) is 0 Å². The maximum Gasteiger partial charge on any atom is 0.335 e. The molecule has 0 amide bonds. The van der Waals surface area contributed by atoms with E-state index >= 15 is 0 Å². The van der Waals surface area contributed by atoms with Gasteiger partial charge in [0.2, 0.25) is 0 Å². The normalized spacial score (nSPS) is 11.7. The Morgan fingerprint density at radius 3 is 1.93 bits per heavy atom. The van der Waals surface area contributed by atoms with Crippen LogP contribution in [0, 0.1) is 0 Å². The van der Waals surface area contributed by atoms with Crippen molar-refractivity contribution in [3.05, 3.63) is 65.7 Å². The Kier molecular flexibility index (Phi) is 7.99. The van der Waals surface area contributed by atoms with Gasteiger partial charge in [-0.3, -0.25) is 4.57 Å². The Labute approximate surface area is 160 Å². The number of esters is 1. The van der Waals surface area contributed by atoms with E-state index in [0.29, 0.717) is 13.2 Å². The maximum atomic E-state index is 12.6. The van der Waals surface area contributed by atoms with E-state index in [1.807, 2.05) is 48.5 Å². The fourth-order valence-electron chi connectivity index (χ4n) is 2.57. The molecule has 0 N–H and O–H groups in total. The predicted molar refractivity (Wildman–Crippen MR) is 107 cm³/mol. The lowest BCUT2D eigenvalue weighted by Gasteiger charge is -2.17. The highest BCUT2D eigenvalue weighted by Gasteiger charge is 2.23. The zero-order chi connectivity index (χ0) is 19.7. The third-order valence-corrected chi connectivity index (χ3v) is 5.89. The van der Waals surface area contributed by atoms with Crippen molar-refractivity contribution in [3.63, 3.8) is 0 Å². The molecule has 5 nitrogen and oxygen atoms in total. The van der Waals surface area contributed by atoms with Gasteiger partial charge in [0.05, 0.1) is 26.5 Å². The van der Waals surface area contributed by atoms with E-state index in [4.69, 9.17) is 9.05 Å². The van der Waals surface area contributed by atoms with Crippen molar-refractivity contribution >= 4 is 19.6 Å². The van der Waals surface area contributed by atoms with Crippen LogP contribution in [0.15, 0.2) is 54.6 Å². The average Bonchev–Trinajstić information content (AvgIpc) is 2.67. The summed E-state index contributed by atoms with van der Waals surface area (Å²) in [5.41, 5.74) is 3.91. The lowest BCUT2D eigenvalue weighted by Crippen LogP contribution is -1.99. The fourth-order valence-corrected chi connectivity index (χ4v) is 4.27. The van der Waals surface area contributed by atoms with E-state index < -0.39 is 7.60 Å². The smallest absolute Gasteiger partial charge is 0.335 e. The molecule has 0 fully saturated rings. The van der Waals surface area contributed by atoms with Crippen LogP contribution in [-0.2, 0) is 29.3 Å². The molecule has 27 heavy (non-hydrogen) atoms. The highest BCUT2D eigenvalue weighted by Crippen LogP contribution is 2.51. The number of carbonyl (C=O) groups is 1. The van der Waals surface area contributed by atoms with Crippen molar-refractivity contribution in [2.75, 3.05) is 20.3 Å². The topological polar surface area (TPSA) is 61.8 Å². The summed E-state index contributed by atoms with van der Waals surface area (Å²) in [4.78, 5) is 11.1. The van der Waals surface area contributed by atoms with Gasteiger partial charge in [-0.1, -0.05) is 48.5 Å². The summed E-state index contributed by atoms with van der Waals surface area (Å²) in [5, 5.41) is 0. The third-order valence-electron chi connectivity index (χ3n) is 3.84. The van der Waals surface area contributed by atoms with Crippen molar-refractivity contribution < 1.29 is 23.1 Å². The van der Waals surface area contributed by atoms with Gasteiger partial charge in [0.25, 0.3) is 0 Å². The van der Waals surface area contributed by atoms with E-state index in [2.05, 4.69) is 4.74 Å². The van der Waals surface area contributed by atoms with Crippen LogP contribution in [0.5, 0.6) is 0 Å². The van der Waals surface area contributed by atoms with E-state index in [1.54, 1.807) is 19.9 Å². The van der Waals surface area contributed by atoms with Gasteiger partial charge in [-0.2, -0.15) is 0 Å². The molecule has 0 aliphatic heterocycles. The van der Waals surface area contributed by atoms with Crippen LogP contribution in [-0.4, -0.2) is 26.3 Å². The van der Waals surface area contributed by atoms with E-state index in [1.165, 1.54) is 13.2 Å². The second-order valence-electron chi connectivity index (χ2n) is 5.78. The molecule has 0 atom stereocenters. The summed E-state index contributed by atoms with van der Waals surface area (Å²) in [7, 11) is -1.75. The number of hydrogen-bond acceptors (Lipinski definition) is 5. The van der Waals surface area contributed by atoms with E-state index in [-0.39, 0.29) is 12.1 Å². The summed E-state index contributed by atoms with van der Waals surface area (Å²) < 4.78 is 27.9. The molecule has 2 aromatic rings. The zero-order valence-corrected chi connectivity index (χ0v) is 16.8. The molecular formula is C21H25O5P. The Bertz CT molecular complexity index is 799. The molecular weight excluding hydrogens is 363 g/mol. The maximum absolute atomic E-state index is 12.6. The summed E-state index contributed by atoms with van der Waals surface area (Å²) >= 11 is 0. The Hall–Kier alpha value is -2.20. The second kappa shape index (κ2) is 10.2. The molecule has 0 saturated heterocycles. The molecule has 0 heterocycles. The van der Waals surface area contributed by atoms with Gasteiger partial charge in [-0.15, -0.1) is 0 Å². The van der Waals surface area contributed by atoms with Gasteiger partial charge >= 0.3 is 13.6 Å². The predicted octanol–water partition coefficient (Wildman–Crippen LogP) is 5.31. The Morgan fingerprint density at radius 1 is 0.926 bits per heavy atom. The fraction of sp³-hybridized carbons (Fsp3) is 0.286. The molecule has 2 rings (SSSR count). The minimum absolute atomic E-state index is 0.256. The second-order valence-corrected chi connectivity index (χ2v) is 7.83. The SMILES string of the molecule is CCOP(=O)(Cc1ccc(-c2ccc(C=CC(=O)OC)cc2)cc1)OCC. The van der Waals surface area contributed by atoms with Crippen molar-refractivity contribution in [2.24, 2.45) is 0 Å². The molecule has 0 bridgehead atoms. The van der Waals surface area contributed by atoms with E-state index in [0.717, 1.165) is 22.3 Å². The number of rotatable bonds is 9. The van der Waals surface area contributed by atoms with Crippen molar-refractivity contribution in [3.8, 4) is 11.1 Å². The highest BCUT2D eigenvalue weighted by molar-refractivity contribution is 7.53. The van der Waals surface area contributed by atoms with Gasteiger partial charge in [-0.25, -0.2) is 4.79 Å². The Balaban J connectivity index is 2.09. The average molecular weight is 388 g/mol. The highest BCUT2D eigenvalue weighted by atomic mass is 31.2. The molecule has 0 spiro atoms. The van der Waals surface area contributed by atoms with Crippen molar-refractivity contribution in [1.82, 2.24) is 0 Å². The number of hydrogen-bond donors (Lipinski definition) is 0. The minimum Gasteiger partial charge on any atom is -0.466 e. The molecule has 0 aliphatic rings. The number of benzene rings is 2. The number of carbonyl (C=O) groups excluding carboxylic acids is 1. The molecule has 0 radical (unpaired) electrons. The van der Waals surface area contributed by atoms with Crippen LogP contribution in [0.25, 0.3) is 17.2 Å². The molecule has 144 valence electrons. The first-order valence-electron chi connectivity index (χ1n) is 8.83. The van der Waals surface area contributed by atoms with Crippen LogP contribution < -0.4 is 0 Å². The van der Waals surface area contributed by atoms with Gasteiger partial charge in [0, 0.05) is 6.08 Å². The summed E-state index contributed by atoms with van der Waals surface area (Å²) in [6, 6.07) is 15.7. The minimum atomic E-state index is -3.10. The summed E-state index contributed by atoms with van der Waals surface area (Å²) in [5.74, 6) is -0.383. The number of methoxy groups -OCH3 is 1. The molecule has 2 aromatic carbocycles. The van der Waals surface area contributed by atoms with Crippen LogP contribution in [0.3, 0.4) is 0 Å². The largest absolute Gasteiger partial charge is 0.466 e. The van der Waals surface area contributed by atoms with Crippen LogP contribution in [0.4, 0.5) is 0 Å².